The average Bonchev–Trinajstić information content (AvgIpc) is 2.05. The SMILES string of the molecule is CCC(C)(C)N1CCNC(=O)C1. The van der Waals surface area contributed by atoms with Gasteiger partial charge in [-0.15, -0.1) is 0 Å². The van der Waals surface area contributed by atoms with E-state index >= 15 is 0 Å². The zero-order valence-electron chi connectivity index (χ0n) is 8.18. The molecule has 1 amide bonds. The fourth-order valence-electron chi connectivity index (χ4n) is 1.38. The summed E-state index contributed by atoms with van der Waals surface area (Å²) in [6.45, 7) is 8.86. The Hall–Kier alpha value is -0.570. The smallest absolute Gasteiger partial charge is 0.234 e. The molecule has 1 aliphatic rings. The highest BCUT2D eigenvalue weighted by molar-refractivity contribution is 5.78. The fraction of sp³-hybridized carbons (Fsp3) is 0.889. The molecule has 0 saturated carbocycles. The summed E-state index contributed by atoms with van der Waals surface area (Å²) < 4.78 is 0. The normalized spacial score (nSPS) is 20.8. The molecular formula is C9H18N2O. The summed E-state index contributed by atoms with van der Waals surface area (Å²) in [6, 6.07) is 0. The van der Waals surface area contributed by atoms with Gasteiger partial charge in [-0.3, -0.25) is 9.69 Å². The molecule has 0 aromatic rings. The highest BCUT2D eigenvalue weighted by Crippen LogP contribution is 2.18. The lowest BCUT2D eigenvalue weighted by Gasteiger charge is -2.39. The molecule has 12 heavy (non-hydrogen) atoms. The van der Waals surface area contributed by atoms with Gasteiger partial charge in [-0.25, -0.2) is 0 Å². The molecule has 1 fully saturated rings. The Kier molecular flexibility index (Phi) is 2.73. The highest BCUT2D eigenvalue weighted by Gasteiger charge is 2.28. The number of hydrogen-bond acceptors (Lipinski definition) is 2. The molecular weight excluding hydrogens is 152 g/mol. The van der Waals surface area contributed by atoms with Crippen molar-refractivity contribution in [2.24, 2.45) is 0 Å². The van der Waals surface area contributed by atoms with Crippen LogP contribution in [0.25, 0.3) is 0 Å². The van der Waals surface area contributed by atoms with Crippen molar-refractivity contribution >= 4 is 5.91 Å². The predicted molar refractivity (Wildman–Crippen MR) is 49.0 cm³/mol. The Labute approximate surface area is 74.1 Å². The molecule has 0 aromatic heterocycles. The van der Waals surface area contributed by atoms with Crippen molar-refractivity contribution in [2.45, 2.75) is 32.7 Å². The first-order valence-corrected chi connectivity index (χ1v) is 4.58. The van der Waals surface area contributed by atoms with Crippen molar-refractivity contribution in [3.05, 3.63) is 0 Å². The third kappa shape index (κ3) is 1.97. The van der Waals surface area contributed by atoms with E-state index in [0.29, 0.717) is 6.54 Å². The van der Waals surface area contributed by atoms with Gasteiger partial charge in [0.25, 0.3) is 0 Å². The standard InChI is InChI=1S/C9H18N2O/c1-4-9(2,3)11-6-5-10-8(12)7-11/h4-7H2,1-3H3,(H,10,12). The molecule has 1 heterocycles. The Morgan fingerprint density at radius 3 is 2.75 bits per heavy atom. The minimum atomic E-state index is 0.155. The van der Waals surface area contributed by atoms with Crippen LogP contribution in [0.15, 0.2) is 0 Å². The van der Waals surface area contributed by atoms with Crippen molar-refractivity contribution < 1.29 is 4.79 Å². The van der Waals surface area contributed by atoms with Gasteiger partial charge in [0.05, 0.1) is 6.54 Å². The van der Waals surface area contributed by atoms with E-state index in [1.54, 1.807) is 0 Å². The zero-order valence-corrected chi connectivity index (χ0v) is 8.18. The van der Waals surface area contributed by atoms with E-state index in [0.717, 1.165) is 19.5 Å². The van der Waals surface area contributed by atoms with Gasteiger partial charge in [0.1, 0.15) is 0 Å². The summed E-state index contributed by atoms with van der Waals surface area (Å²) in [5, 5.41) is 2.83. The summed E-state index contributed by atoms with van der Waals surface area (Å²) in [4.78, 5) is 13.3. The van der Waals surface area contributed by atoms with E-state index in [9.17, 15) is 4.79 Å². The minimum Gasteiger partial charge on any atom is -0.354 e. The van der Waals surface area contributed by atoms with Crippen molar-refractivity contribution in [1.82, 2.24) is 10.2 Å². The van der Waals surface area contributed by atoms with Crippen LogP contribution in [0.1, 0.15) is 27.2 Å². The number of nitrogens with zero attached hydrogens (tertiary/aromatic N) is 1. The Balaban J connectivity index is 2.56. The quantitative estimate of drug-likeness (QED) is 0.658. The molecule has 1 rings (SSSR count). The maximum absolute atomic E-state index is 11.1. The highest BCUT2D eigenvalue weighted by atomic mass is 16.2. The lowest BCUT2D eigenvalue weighted by Crippen LogP contribution is -2.55. The third-order valence-corrected chi connectivity index (χ3v) is 2.76. The van der Waals surface area contributed by atoms with Gasteiger partial charge < -0.3 is 5.32 Å². The number of carbonyl (C=O) groups excluding carboxylic acids is 1. The second-order valence-electron chi connectivity index (χ2n) is 3.94. The molecule has 70 valence electrons. The molecule has 1 saturated heterocycles. The first-order chi connectivity index (χ1) is 5.56. The number of nitrogens with one attached hydrogen (secondary N) is 1. The molecule has 0 aromatic carbocycles. The van der Waals surface area contributed by atoms with E-state index in [1.165, 1.54) is 0 Å². The average molecular weight is 170 g/mol. The van der Waals surface area contributed by atoms with Crippen LogP contribution < -0.4 is 5.32 Å². The second-order valence-corrected chi connectivity index (χ2v) is 3.94. The second kappa shape index (κ2) is 3.44. The van der Waals surface area contributed by atoms with E-state index in [4.69, 9.17) is 0 Å². The number of hydrogen-bond donors (Lipinski definition) is 1. The van der Waals surface area contributed by atoms with E-state index in [-0.39, 0.29) is 11.4 Å². The van der Waals surface area contributed by atoms with Crippen LogP contribution in [-0.2, 0) is 4.79 Å². The van der Waals surface area contributed by atoms with Crippen LogP contribution in [-0.4, -0.2) is 36.0 Å². The number of rotatable bonds is 2. The molecule has 0 atom stereocenters. The molecule has 3 nitrogen and oxygen atoms in total. The summed E-state index contributed by atoms with van der Waals surface area (Å²) in [6.07, 6.45) is 1.08. The number of amides is 1. The molecule has 0 bridgehead atoms. The van der Waals surface area contributed by atoms with Crippen LogP contribution in [0, 0.1) is 0 Å². The van der Waals surface area contributed by atoms with Crippen LogP contribution in [0.3, 0.4) is 0 Å². The largest absolute Gasteiger partial charge is 0.354 e. The first kappa shape index (κ1) is 9.52. The van der Waals surface area contributed by atoms with Gasteiger partial charge in [-0.2, -0.15) is 0 Å². The van der Waals surface area contributed by atoms with Crippen molar-refractivity contribution in [3.8, 4) is 0 Å². The zero-order chi connectivity index (χ0) is 9.19. The molecule has 0 unspecified atom stereocenters. The van der Waals surface area contributed by atoms with Gasteiger partial charge >= 0.3 is 0 Å². The summed E-state index contributed by atoms with van der Waals surface area (Å²) in [5.74, 6) is 0.155. The number of piperazine rings is 1. The van der Waals surface area contributed by atoms with Gasteiger partial charge in [0, 0.05) is 18.6 Å². The van der Waals surface area contributed by atoms with Crippen LogP contribution in [0.5, 0.6) is 0 Å². The molecule has 1 aliphatic heterocycles. The molecule has 1 N–H and O–H groups in total. The predicted octanol–water partition coefficient (Wildman–Crippen LogP) is 0.607. The van der Waals surface area contributed by atoms with Gasteiger partial charge in [0.15, 0.2) is 0 Å². The van der Waals surface area contributed by atoms with E-state index < -0.39 is 0 Å². The van der Waals surface area contributed by atoms with Crippen LogP contribution in [0.2, 0.25) is 0 Å². The Bertz CT molecular complexity index is 177. The summed E-state index contributed by atoms with van der Waals surface area (Å²) in [5.41, 5.74) is 0.164. The van der Waals surface area contributed by atoms with Crippen molar-refractivity contribution in [2.75, 3.05) is 19.6 Å². The summed E-state index contributed by atoms with van der Waals surface area (Å²) >= 11 is 0. The topological polar surface area (TPSA) is 32.3 Å². The third-order valence-electron chi connectivity index (χ3n) is 2.76. The van der Waals surface area contributed by atoms with Gasteiger partial charge in [-0.05, 0) is 20.3 Å². The summed E-state index contributed by atoms with van der Waals surface area (Å²) in [7, 11) is 0. The van der Waals surface area contributed by atoms with E-state index in [2.05, 4.69) is 31.0 Å². The molecule has 0 aliphatic carbocycles. The number of carbonyl (C=O) groups is 1. The maximum atomic E-state index is 11.1. The van der Waals surface area contributed by atoms with Crippen molar-refractivity contribution in [1.29, 1.82) is 0 Å². The maximum Gasteiger partial charge on any atom is 0.234 e. The van der Waals surface area contributed by atoms with Crippen molar-refractivity contribution in [3.63, 3.8) is 0 Å². The van der Waals surface area contributed by atoms with Crippen LogP contribution in [0.4, 0.5) is 0 Å². The molecule has 0 radical (unpaired) electrons. The molecule has 0 spiro atoms. The van der Waals surface area contributed by atoms with Gasteiger partial charge in [-0.1, -0.05) is 6.92 Å². The fourth-order valence-corrected chi connectivity index (χ4v) is 1.38. The monoisotopic (exact) mass is 170 g/mol. The Morgan fingerprint density at radius 2 is 2.25 bits per heavy atom. The van der Waals surface area contributed by atoms with E-state index in [1.807, 2.05) is 0 Å². The van der Waals surface area contributed by atoms with Gasteiger partial charge in [0.2, 0.25) is 5.91 Å². The lowest BCUT2D eigenvalue weighted by molar-refractivity contribution is -0.126. The molecule has 3 heteroatoms. The van der Waals surface area contributed by atoms with Crippen LogP contribution >= 0.6 is 0 Å². The lowest BCUT2D eigenvalue weighted by atomic mass is 9.98. The first-order valence-electron chi connectivity index (χ1n) is 4.58. The minimum absolute atomic E-state index is 0.155. The Morgan fingerprint density at radius 1 is 1.58 bits per heavy atom.